The second-order valence-electron chi connectivity index (χ2n) is 1.17. The van der Waals surface area contributed by atoms with Crippen molar-refractivity contribution in [3.8, 4) is 0 Å². The van der Waals surface area contributed by atoms with Crippen LogP contribution < -0.4 is 0 Å². The average Bonchev–Trinajstić information content (AvgIpc) is 2.14. The summed E-state index contributed by atoms with van der Waals surface area (Å²) in [5.74, 6) is 0. The van der Waals surface area contributed by atoms with Crippen molar-refractivity contribution in [1.82, 2.24) is 15.2 Å². The molecule has 1 heterocycles. The molecule has 1 N–H and O–H groups in total. The van der Waals surface area contributed by atoms with E-state index in [2.05, 4.69) is 10.3 Å². The lowest BCUT2D eigenvalue weighted by molar-refractivity contribution is 0.102. The van der Waals surface area contributed by atoms with Crippen molar-refractivity contribution >= 4 is 6.29 Å². The number of carbonyl (C=O) groups is 1. The first-order valence-electron chi connectivity index (χ1n) is 1.89. The zero-order valence-corrected chi connectivity index (χ0v) is 3.85. The highest BCUT2D eigenvalue weighted by Gasteiger charge is 1.95. The first-order valence-corrected chi connectivity index (χ1v) is 1.89. The quantitative estimate of drug-likeness (QED) is 0.387. The molecule has 0 fully saturated rings. The highest BCUT2D eigenvalue weighted by Crippen LogP contribution is 1.83. The Hall–Kier alpha value is -1.39. The van der Waals surface area contributed by atoms with Crippen LogP contribution in [0, 0.1) is 0 Å². The van der Waals surface area contributed by atoms with Gasteiger partial charge in [-0.2, -0.15) is 0 Å². The molecule has 8 heavy (non-hydrogen) atoms. The van der Waals surface area contributed by atoms with E-state index in [9.17, 15) is 4.79 Å². The van der Waals surface area contributed by atoms with Crippen molar-refractivity contribution < 1.29 is 10.0 Å². The summed E-state index contributed by atoms with van der Waals surface area (Å²) in [6.45, 7) is 0. The van der Waals surface area contributed by atoms with Crippen molar-refractivity contribution in [2.24, 2.45) is 0 Å². The molecule has 0 aromatic carbocycles. The molecule has 0 saturated heterocycles. The molecule has 1 aromatic rings. The third-order valence-electron chi connectivity index (χ3n) is 0.678. The van der Waals surface area contributed by atoms with Gasteiger partial charge in [-0.1, -0.05) is 4.85 Å². The average molecular weight is 113 g/mol. The smallest absolute Gasteiger partial charge is 0.173 e. The van der Waals surface area contributed by atoms with Crippen LogP contribution in [0.3, 0.4) is 0 Å². The van der Waals surface area contributed by atoms with Gasteiger partial charge in [-0.15, -0.1) is 5.10 Å². The van der Waals surface area contributed by atoms with E-state index in [1.54, 1.807) is 0 Å². The molecule has 5 heteroatoms. The van der Waals surface area contributed by atoms with Crippen molar-refractivity contribution in [1.29, 1.82) is 0 Å². The summed E-state index contributed by atoms with van der Waals surface area (Å²) in [7, 11) is 0. The topological polar surface area (TPSA) is 68.0 Å². The summed E-state index contributed by atoms with van der Waals surface area (Å²) in [6, 6.07) is 0. The molecule has 0 amide bonds. The van der Waals surface area contributed by atoms with E-state index in [0.29, 0.717) is 11.1 Å². The van der Waals surface area contributed by atoms with Crippen LogP contribution in [0.2, 0.25) is 0 Å². The molecule has 42 valence electrons. The third-order valence-corrected chi connectivity index (χ3v) is 0.678. The van der Waals surface area contributed by atoms with Crippen molar-refractivity contribution in [2.45, 2.75) is 0 Å². The van der Waals surface area contributed by atoms with Gasteiger partial charge in [-0.3, -0.25) is 4.79 Å². The zero-order chi connectivity index (χ0) is 5.98. The van der Waals surface area contributed by atoms with Gasteiger partial charge in [0, 0.05) is 0 Å². The summed E-state index contributed by atoms with van der Waals surface area (Å²) < 4.78 is 0. The van der Waals surface area contributed by atoms with E-state index >= 15 is 0 Å². The maximum Gasteiger partial charge on any atom is 0.173 e. The maximum atomic E-state index is 9.83. The van der Waals surface area contributed by atoms with Gasteiger partial charge in [-0.05, 0) is 5.21 Å². The van der Waals surface area contributed by atoms with Crippen LogP contribution in [0.15, 0.2) is 6.20 Å². The molecule has 0 saturated carbocycles. The molecule has 0 atom stereocenters. The summed E-state index contributed by atoms with van der Waals surface area (Å²) in [4.78, 5) is 10.2. The summed E-state index contributed by atoms with van der Waals surface area (Å²) in [6.07, 6.45) is 1.62. The summed E-state index contributed by atoms with van der Waals surface area (Å²) in [5, 5.41) is 14.8. The van der Waals surface area contributed by atoms with Crippen LogP contribution >= 0.6 is 0 Å². The number of hydrogen-bond donors (Lipinski definition) is 1. The Morgan fingerprint density at radius 2 is 2.62 bits per heavy atom. The van der Waals surface area contributed by atoms with Gasteiger partial charge < -0.3 is 5.21 Å². The van der Waals surface area contributed by atoms with Crippen LogP contribution in [-0.4, -0.2) is 26.7 Å². The van der Waals surface area contributed by atoms with E-state index in [0.717, 1.165) is 6.20 Å². The highest BCUT2D eigenvalue weighted by atomic mass is 16.5. The lowest BCUT2D eigenvalue weighted by atomic mass is 10.6. The van der Waals surface area contributed by atoms with Crippen molar-refractivity contribution in [3.63, 3.8) is 0 Å². The Labute approximate surface area is 44.5 Å². The number of rotatable bonds is 1. The SMILES string of the molecule is O=Cc1cnnn1O. The fourth-order valence-electron chi connectivity index (χ4n) is 0.315. The predicted molar refractivity (Wildman–Crippen MR) is 22.6 cm³/mol. The monoisotopic (exact) mass is 113 g/mol. The molecule has 1 aromatic heterocycles. The number of aromatic nitrogens is 3. The molecule has 0 aliphatic rings. The van der Waals surface area contributed by atoms with E-state index in [1.807, 2.05) is 0 Å². The minimum absolute atomic E-state index is 0.0463. The van der Waals surface area contributed by atoms with Crippen molar-refractivity contribution in [2.75, 3.05) is 0 Å². The number of carbonyl (C=O) groups excluding carboxylic acids is 1. The molecule has 1 rings (SSSR count). The molecule has 5 nitrogen and oxygen atoms in total. The Kier molecular flexibility index (Phi) is 0.957. The molecule has 0 bridgehead atoms. The number of aldehydes is 1. The Morgan fingerprint density at radius 1 is 1.88 bits per heavy atom. The first kappa shape index (κ1) is 4.76. The van der Waals surface area contributed by atoms with Crippen LogP contribution in [0.4, 0.5) is 0 Å². The van der Waals surface area contributed by atoms with Gasteiger partial charge in [0.1, 0.15) is 0 Å². The fourth-order valence-corrected chi connectivity index (χ4v) is 0.315. The minimum Gasteiger partial charge on any atom is -0.410 e. The van der Waals surface area contributed by atoms with Crippen LogP contribution in [0.5, 0.6) is 0 Å². The van der Waals surface area contributed by atoms with Crippen molar-refractivity contribution in [3.05, 3.63) is 11.9 Å². The van der Waals surface area contributed by atoms with Crippen LogP contribution in [0.25, 0.3) is 0 Å². The summed E-state index contributed by atoms with van der Waals surface area (Å²) >= 11 is 0. The second-order valence-corrected chi connectivity index (χ2v) is 1.17. The standard InChI is InChI=1S/C3H3N3O2/c7-2-3-1-4-5-6(3)8/h1-2,8H. The van der Waals surface area contributed by atoms with E-state index in [1.165, 1.54) is 0 Å². The van der Waals surface area contributed by atoms with Gasteiger partial charge in [0.15, 0.2) is 12.0 Å². The Morgan fingerprint density at radius 3 is 2.88 bits per heavy atom. The zero-order valence-electron chi connectivity index (χ0n) is 3.85. The third kappa shape index (κ3) is 0.534. The van der Waals surface area contributed by atoms with E-state index in [-0.39, 0.29) is 5.69 Å². The minimum atomic E-state index is 0.0463. The van der Waals surface area contributed by atoms with Gasteiger partial charge >= 0.3 is 0 Å². The molecule has 0 unspecified atom stereocenters. The van der Waals surface area contributed by atoms with Gasteiger partial charge in [0.25, 0.3) is 0 Å². The molecule has 0 radical (unpaired) electrons. The van der Waals surface area contributed by atoms with Gasteiger partial charge in [-0.25, -0.2) is 0 Å². The first-order chi connectivity index (χ1) is 3.84. The molecular formula is C3H3N3O2. The molecule has 0 spiro atoms. The molecule has 0 aliphatic heterocycles. The molecular weight excluding hydrogens is 110 g/mol. The highest BCUT2D eigenvalue weighted by molar-refractivity contribution is 5.70. The fraction of sp³-hybridized carbons (Fsp3) is 0. The lowest BCUT2D eigenvalue weighted by Crippen LogP contribution is -1.97. The van der Waals surface area contributed by atoms with E-state index in [4.69, 9.17) is 5.21 Å². The van der Waals surface area contributed by atoms with Gasteiger partial charge in [0.05, 0.1) is 6.20 Å². The van der Waals surface area contributed by atoms with Crippen LogP contribution in [-0.2, 0) is 0 Å². The lowest BCUT2D eigenvalue weighted by Gasteiger charge is -1.82. The predicted octanol–water partition coefficient (Wildman–Crippen LogP) is -0.672. The normalized spacial score (nSPS) is 9.00. The number of hydrogen-bond acceptors (Lipinski definition) is 4. The molecule has 0 aliphatic carbocycles. The summed E-state index contributed by atoms with van der Waals surface area (Å²) in [5.41, 5.74) is 0.0463. The number of nitrogens with zero attached hydrogens (tertiary/aromatic N) is 3. The largest absolute Gasteiger partial charge is 0.410 e. The maximum absolute atomic E-state index is 9.83. The second kappa shape index (κ2) is 1.61. The Balaban J connectivity index is 3.09. The van der Waals surface area contributed by atoms with E-state index < -0.39 is 0 Å². The Bertz CT molecular complexity index is 194. The van der Waals surface area contributed by atoms with Gasteiger partial charge in [0.2, 0.25) is 0 Å². The van der Waals surface area contributed by atoms with Crippen LogP contribution in [0.1, 0.15) is 10.5 Å².